The third kappa shape index (κ3) is 50.2. The third-order valence-corrected chi connectivity index (χ3v) is 11.5. The Labute approximate surface area is 385 Å². The highest BCUT2D eigenvalue weighted by molar-refractivity contribution is 5.70. The van der Waals surface area contributed by atoms with Gasteiger partial charge in [-0.05, 0) is 96.3 Å². The topological polar surface area (TPSA) is 61.8 Å². The molecule has 0 aliphatic heterocycles. The molecule has 0 amide bonds. The van der Waals surface area contributed by atoms with Crippen molar-refractivity contribution in [3.05, 3.63) is 60.8 Å². The molecule has 0 N–H and O–H groups in total. The van der Waals surface area contributed by atoms with Gasteiger partial charge in [-0.3, -0.25) is 9.59 Å². The van der Waals surface area contributed by atoms with E-state index in [-0.39, 0.29) is 25.2 Å². The molecule has 0 fully saturated rings. The first-order valence-corrected chi connectivity index (χ1v) is 26.8. The minimum Gasteiger partial charge on any atom is -0.462 e. The molecule has 0 saturated heterocycles. The van der Waals surface area contributed by atoms with Gasteiger partial charge in [-0.15, -0.1) is 0 Å². The van der Waals surface area contributed by atoms with Gasteiger partial charge in [0.15, 0.2) is 6.10 Å². The van der Waals surface area contributed by atoms with Crippen molar-refractivity contribution < 1.29 is 23.8 Å². The monoisotopic (exact) mass is 867 g/mol. The molecule has 1 unspecified atom stereocenters. The van der Waals surface area contributed by atoms with Crippen LogP contribution in [0.5, 0.6) is 0 Å². The van der Waals surface area contributed by atoms with E-state index in [0.29, 0.717) is 19.4 Å². The van der Waals surface area contributed by atoms with Crippen LogP contribution < -0.4 is 0 Å². The minimum atomic E-state index is -0.548. The van der Waals surface area contributed by atoms with Gasteiger partial charge in [0, 0.05) is 19.4 Å². The quantitative estimate of drug-likeness (QED) is 0.0346. The Morgan fingerprint density at radius 1 is 0.371 bits per heavy atom. The fourth-order valence-corrected chi connectivity index (χ4v) is 7.50. The highest BCUT2D eigenvalue weighted by atomic mass is 16.6. The lowest BCUT2D eigenvalue weighted by atomic mass is 10.1. The first-order chi connectivity index (χ1) is 30.6. The zero-order valence-electron chi connectivity index (χ0n) is 41.4. The van der Waals surface area contributed by atoms with E-state index in [2.05, 4.69) is 81.5 Å². The van der Waals surface area contributed by atoms with Crippen LogP contribution in [0, 0.1) is 0 Å². The number of rotatable bonds is 49. The molecule has 0 aliphatic carbocycles. The van der Waals surface area contributed by atoms with E-state index in [1.165, 1.54) is 154 Å². The molecule has 360 valence electrons. The molecule has 0 spiro atoms. The molecule has 0 bridgehead atoms. The Morgan fingerprint density at radius 3 is 1.23 bits per heavy atom. The van der Waals surface area contributed by atoms with Crippen LogP contribution in [-0.2, 0) is 23.8 Å². The van der Waals surface area contributed by atoms with Crippen LogP contribution in [0.1, 0.15) is 265 Å². The number of carbonyl (C=O) groups is 2. The van der Waals surface area contributed by atoms with Gasteiger partial charge in [0.2, 0.25) is 0 Å². The van der Waals surface area contributed by atoms with Crippen molar-refractivity contribution in [3.8, 4) is 0 Å². The molecule has 0 heterocycles. The number of hydrogen-bond donors (Lipinski definition) is 0. The third-order valence-electron chi connectivity index (χ3n) is 11.5. The van der Waals surface area contributed by atoms with Crippen molar-refractivity contribution in [2.45, 2.75) is 271 Å². The van der Waals surface area contributed by atoms with Crippen LogP contribution >= 0.6 is 0 Å². The summed E-state index contributed by atoms with van der Waals surface area (Å²) in [5.74, 6) is -0.412. The smallest absolute Gasteiger partial charge is 0.306 e. The molecule has 0 rings (SSSR count). The van der Waals surface area contributed by atoms with Gasteiger partial charge in [0.25, 0.3) is 0 Å². The number of hydrogen-bond acceptors (Lipinski definition) is 5. The maximum atomic E-state index is 12.8. The second-order valence-corrected chi connectivity index (χ2v) is 17.7. The summed E-state index contributed by atoms with van der Waals surface area (Å²) in [6, 6.07) is 0. The molecule has 0 aromatic carbocycles. The number of esters is 2. The number of allylic oxidation sites excluding steroid dienone is 10. The lowest BCUT2D eigenvalue weighted by molar-refractivity contribution is -0.163. The average Bonchev–Trinajstić information content (AvgIpc) is 3.27. The van der Waals surface area contributed by atoms with Crippen molar-refractivity contribution in [1.82, 2.24) is 0 Å². The van der Waals surface area contributed by atoms with Crippen LogP contribution in [0.15, 0.2) is 60.8 Å². The second kappa shape index (κ2) is 52.9. The summed E-state index contributed by atoms with van der Waals surface area (Å²) in [7, 11) is 0. The summed E-state index contributed by atoms with van der Waals surface area (Å²) in [5.41, 5.74) is 0. The van der Waals surface area contributed by atoms with Gasteiger partial charge in [-0.2, -0.15) is 0 Å². The zero-order valence-corrected chi connectivity index (χ0v) is 41.4. The van der Waals surface area contributed by atoms with Crippen molar-refractivity contribution in [2.75, 3.05) is 19.8 Å². The minimum absolute atomic E-state index is 0.0757. The van der Waals surface area contributed by atoms with E-state index in [1.807, 2.05) is 0 Å². The van der Waals surface area contributed by atoms with E-state index in [4.69, 9.17) is 14.2 Å². The van der Waals surface area contributed by atoms with Crippen molar-refractivity contribution in [1.29, 1.82) is 0 Å². The molecular formula is C57H102O5. The Kier molecular flexibility index (Phi) is 50.9. The lowest BCUT2D eigenvalue weighted by Gasteiger charge is -2.18. The molecule has 5 nitrogen and oxygen atoms in total. The van der Waals surface area contributed by atoms with Crippen LogP contribution in [0.2, 0.25) is 0 Å². The SMILES string of the molecule is CC/C=C\C/C=C\C/C=C\CCCCCCCCOCC(COC(=O)CCCCCCCCCCC/C=C\CCCCCCCC)OC(=O)CCCCCCC/C=C\CCCC. The van der Waals surface area contributed by atoms with Gasteiger partial charge in [-0.25, -0.2) is 0 Å². The standard InChI is InChI=1S/C57H102O5/c1-4-7-10-13-16-19-22-24-26-28-29-30-31-33-36-38-41-44-47-50-56(58)61-54-55(62-57(59)51-48-45-42-39-35-21-18-15-12-9-6-3)53-60-52-49-46-43-40-37-34-32-27-25-23-20-17-14-11-8-5-2/h8,11,15,17-18,20,24-27,55H,4-7,9-10,12-14,16,19,21-23,28-54H2,1-3H3/b11-8-,18-15-,20-17-,26-24-,27-25-. The Hall–Kier alpha value is -2.40. The Morgan fingerprint density at radius 2 is 0.742 bits per heavy atom. The van der Waals surface area contributed by atoms with Crippen LogP contribution in [-0.4, -0.2) is 37.9 Å². The molecule has 0 aromatic heterocycles. The summed E-state index contributed by atoms with van der Waals surface area (Å²) >= 11 is 0. The Bertz CT molecular complexity index is 1070. The fourth-order valence-electron chi connectivity index (χ4n) is 7.50. The van der Waals surface area contributed by atoms with E-state index < -0.39 is 6.10 Å². The lowest BCUT2D eigenvalue weighted by Crippen LogP contribution is -2.30. The van der Waals surface area contributed by atoms with Gasteiger partial charge in [0.05, 0.1) is 6.61 Å². The van der Waals surface area contributed by atoms with Gasteiger partial charge < -0.3 is 14.2 Å². The van der Waals surface area contributed by atoms with E-state index >= 15 is 0 Å². The van der Waals surface area contributed by atoms with Crippen molar-refractivity contribution >= 4 is 11.9 Å². The molecule has 62 heavy (non-hydrogen) atoms. The van der Waals surface area contributed by atoms with E-state index in [9.17, 15) is 9.59 Å². The average molecular weight is 867 g/mol. The Balaban J connectivity index is 4.22. The molecule has 1 atom stereocenters. The van der Waals surface area contributed by atoms with Crippen LogP contribution in [0.25, 0.3) is 0 Å². The van der Waals surface area contributed by atoms with Gasteiger partial charge in [0.1, 0.15) is 6.61 Å². The molecular weight excluding hydrogens is 765 g/mol. The summed E-state index contributed by atoms with van der Waals surface area (Å²) < 4.78 is 17.4. The molecule has 0 aliphatic rings. The first-order valence-electron chi connectivity index (χ1n) is 26.8. The van der Waals surface area contributed by atoms with E-state index in [0.717, 1.165) is 77.0 Å². The van der Waals surface area contributed by atoms with Crippen molar-refractivity contribution in [3.63, 3.8) is 0 Å². The summed E-state index contributed by atoms with van der Waals surface area (Å²) in [6.07, 6.45) is 66.6. The molecule has 0 aromatic rings. The predicted molar refractivity (Wildman–Crippen MR) is 270 cm³/mol. The van der Waals surface area contributed by atoms with Crippen molar-refractivity contribution in [2.24, 2.45) is 0 Å². The van der Waals surface area contributed by atoms with Gasteiger partial charge >= 0.3 is 11.9 Å². The molecule has 0 saturated carbocycles. The highest BCUT2D eigenvalue weighted by Gasteiger charge is 2.17. The highest BCUT2D eigenvalue weighted by Crippen LogP contribution is 2.15. The number of unbranched alkanes of at least 4 members (excludes halogenated alkanes) is 28. The van der Waals surface area contributed by atoms with E-state index in [1.54, 1.807) is 0 Å². The second-order valence-electron chi connectivity index (χ2n) is 17.7. The molecule has 0 radical (unpaired) electrons. The summed E-state index contributed by atoms with van der Waals surface area (Å²) in [6.45, 7) is 7.66. The number of ether oxygens (including phenoxy) is 3. The fraction of sp³-hybridized carbons (Fsp3) is 0.789. The van der Waals surface area contributed by atoms with Crippen LogP contribution in [0.4, 0.5) is 0 Å². The largest absolute Gasteiger partial charge is 0.462 e. The summed E-state index contributed by atoms with van der Waals surface area (Å²) in [4.78, 5) is 25.4. The first kappa shape index (κ1) is 59.6. The number of carbonyl (C=O) groups excluding carboxylic acids is 2. The maximum Gasteiger partial charge on any atom is 0.306 e. The zero-order chi connectivity index (χ0) is 44.9. The normalized spacial score (nSPS) is 12.6. The summed E-state index contributed by atoms with van der Waals surface area (Å²) in [5, 5.41) is 0. The van der Waals surface area contributed by atoms with Crippen LogP contribution in [0.3, 0.4) is 0 Å². The molecule has 5 heteroatoms. The maximum absolute atomic E-state index is 12.8. The van der Waals surface area contributed by atoms with Gasteiger partial charge in [-0.1, -0.05) is 216 Å². The predicted octanol–water partition coefficient (Wildman–Crippen LogP) is 18.1.